The topological polar surface area (TPSA) is 47.7 Å². The van der Waals surface area contributed by atoms with E-state index in [2.05, 4.69) is 9.74 Å². The first kappa shape index (κ1) is 9.40. The first-order chi connectivity index (χ1) is 6.42. The number of fused-ring (bicyclic) bond motifs is 1. The monoisotopic (exact) mass is 186 g/mol. The van der Waals surface area contributed by atoms with Crippen molar-refractivity contribution in [3.63, 3.8) is 0 Å². The average Bonchev–Trinajstić information content (AvgIpc) is 2.62. The highest BCUT2D eigenvalue weighted by Gasteiger charge is 2.35. The van der Waals surface area contributed by atoms with Crippen molar-refractivity contribution in [3.8, 4) is 0 Å². The molecule has 0 spiro atoms. The minimum Gasteiger partial charge on any atom is -0.375 e. The number of rotatable bonds is 3. The Bertz CT molecular complexity index is 166. The molecule has 1 saturated carbocycles. The smallest absolute Gasteiger partial charge is 0.0806 e. The predicted octanol–water partition coefficient (Wildman–Crippen LogP) is 0.130. The highest BCUT2D eigenvalue weighted by molar-refractivity contribution is 4.89. The molecule has 0 aromatic carbocycles. The fourth-order valence-corrected chi connectivity index (χ4v) is 2.45. The summed E-state index contributed by atoms with van der Waals surface area (Å²) >= 11 is 0. The van der Waals surface area contributed by atoms with Crippen molar-refractivity contribution in [2.75, 3.05) is 26.3 Å². The van der Waals surface area contributed by atoms with Crippen LogP contribution in [0.3, 0.4) is 0 Å². The zero-order valence-corrected chi connectivity index (χ0v) is 7.95. The Morgan fingerprint density at radius 3 is 3.23 bits per heavy atom. The summed E-state index contributed by atoms with van der Waals surface area (Å²) in [5.41, 5.74) is 0. The number of hydrogen-bond acceptors (Lipinski definition) is 4. The number of nitrogens with zero attached hydrogens (tertiary/aromatic N) is 1. The van der Waals surface area contributed by atoms with Crippen LogP contribution in [0.25, 0.3) is 0 Å². The van der Waals surface area contributed by atoms with Crippen LogP contribution in [0.2, 0.25) is 0 Å². The van der Waals surface area contributed by atoms with Gasteiger partial charge in [0, 0.05) is 19.1 Å². The number of ether oxygens (including phenoxy) is 1. The van der Waals surface area contributed by atoms with Crippen molar-refractivity contribution in [3.05, 3.63) is 0 Å². The van der Waals surface area contributed by atoms with Crippen LogP contribution in [0, 0.1) is 0 Å². The molecule has 1 aliphatic carbocycles. The molecule has 1 aliphatic heterocycles. The van der Waals surface area contributed by atoms with E-state index in [-0.39, 0.29) is 0 Å². The maximum Gasteiger partial charge on any atom is 0.0806 e. The maximum absolute atomic E-state index is 5.70. The lowest BCUT2D eigenvalue weighted by Crippen LogP contribution is -2.49. The third kappa shape index (κ3) is 2.02. The van der Waals surface area contributed by atoms with Gasteiger partial charge in [0.15, 0.2) is 0 Å². The van der Waals surface area contributed by atoms with Crippen molar-refractivity contribution < 1.29 is 9.57 Å². The molecule has 4 nitrogen and oxygen atoms in total. The van der Waals surface area contributed by atoms with Crippen molar-refractivity contribution in [1.29, 1.82) is 0 Å². The fourth-order valence-electron chi connectivity index (χ4n) is 2.45. The summed E-state index contributed by atoms with van der Waals surface area (Å²) < 4.78 is 5.70. The molecule has 76 valence electrons. The van der Waals surface area contributed by atoms with Crippen LogP contribution >= 0.6 is 0 Å². The van der Waals surface area contributed by atoms with Crippen LogP contribution in [-0.4, -0.2) is 43.3 Å². The summed E-state index contributed by atoms with van der Waals surface area (Å²) in [6, 6.07) is 0.629. The van der Waals surface area contributed by atoms with Gasteiger partial charge in [-0.15, -0.1) is 0 Å². The van der Waals surface area contributed by atoms with E-state index in [1.165, 1.54) is 19.3 Å². The van der Waals surface area contributed by atoms with Gasteiger partial charge in [-0.3, -0.25) is 4.90 Å². The second-order valence-corrected chi connectivity index (χ2v) is 3.81. The van der Waals surface area contributed by atoms with E-state index in [1.807, 2.05) is 0 Å². The van der Waals surface area contributed by atoms with E-state index in [0.717, 1.165) is 19.7 Å². The first-order valence-corrected chi connectivity index (χ1v) is 5.09. The van der Waals surface area contributed by atoms with E-state index in [1.54, 1.807) is 0 Å². The average molecular weight is 186 g/mol. The minimum atomic E-state index is 0.478. The number of nitrogens with two attached hydrogens (primary N) is 1. The zero-order chi connectivity index (χ0) is 9.10. The molecular weight excluding hydrogens is 168 g/mol. The summed E-state index contributed by atoms with van der Waals surface area (Å²) in [6.07, 6.45) is 4.28. The van der Waals surface area contributed by atoms with Gasteiger partial charge in [-0.1, -0.05) is 0 Å². The lowest BCUT2D eigenvalue weighted by molar-refractivity contribution is -0.0628. The first-order valence-electron chi connectivity index (χ1n) is 5.09. The second-order valence-electron chi connectivity index (χ2n) is 3.81. The molecule has 2 aliphatic rings. The summed E-state index contributed by atoms with van der Waals surface area (Å²) in [5.74, 6) is 5.02. The van der Waals surface area contributed by atoms with Gasteiger partial charge in [0.25, 0.3) is 0 Å². The van der Waals surface area contributed by atoms with Crippen molar-refractivity contribution in [1.82, 2.24) is 4.90 Å². The summed E-state index contributed by atoms with van der Waals surface area (Å²) in [4.78, 5) is 7.06. The van der Waals surface area contributed by atoms with Crippen LogP contribution in [0.5, 0.6) is 0 Å². The minimum absolute atomic E-state index is 0.478. The van der Waals surface area contributed by atoms with Gasteiger partial charge in [-0.25, -0.2) is 5.90 Å². The maximum atomic E-state index is 5.70. The van der Waals surface area contributed by atoms with Gasteiger partial charge < -0.3 is 9.57 Å². The SMILES string of the molecule is NOCCN1CCOC2CCCC21. The van der Waals surface area contributed by atoms with Gasteiger partial charge in [0.2, 0.25) is 0 Å². The van der Waals surface area contributed by atoms with E-state index in [9.17, 15) is 0 Å². The van der Waals surface area contributed by atoms with Crippen LogP contribution < -0.4 is 5.90 Å². The lowest BCUT2D eigenvalue weighted by atomic mass is 10.1. The molecule has 13 heavy (non-hydrogen) atoms. The summed E-state index contributed by atoms with van der Waals surface area (Å²) in [6.45, 7) is 3.47. The van der Waals surface area contributed by atoms with Crippen LogP contribution in [0.1, 0.15) is 19.3 Å². The number of morpholine rings is 1. The van der Waals surface area contributed by atoms with Gasteiger partial charge in [-0.2, -0.15) is 0 Å². The Kier molecular flexibility index (Phi) is 3.16. The van der Waals surface area contributed by atoms with E-state index >= 15 is 0 Å². The highest BCUT2D eigenvalue weighted by Crippen LogP contribution is 2.29. The fraction of sp³-hybridized carbons (Fsp3) is 1.00. The van der Waals surface area contributed by atoms with Crippen molar-refractivity contribution >= 4 is 0 Å². The highest BCUT2D eigenvalue weighted by atomic mass is 16.6. The third-order valence-corrected chi connectivity index (χ3v) is 3.09. The summed E-state index contributed by atoms with van der Waals surface area (Å²) in [5, 5.41) is 0. The molecule has 0 radical (unpaired) electrons. The van der Waals surface area contributed by atoms with E-state index < -0.39 is 0 Å². The van der Waals surface area contributed by atoms with Crippen LogP contribution in [0.15, 0.2) is 0 Å². The molecule has 0 aromatic heterocycles. The van der Waals surface area contributed by atoms with Gasteiger partial charge in [-0.05, 0) is 19.3 Å². The van der Waals surface area contributed by atoms with E-state index in [0.29, 0.717) is 18.8 Å². The van der Waals surface area contributed by atoms with Crippen molar-refractivity contribution in [2.45, 2.75) is 31.4 Å². The van der Waals surface area contributed by atoms with Crippen molar-refractivity contribution in [2.24, 2.45) is 5.90 Å². The molecule has 4 heteroatoms. The quantitative estimate of drug-likeness (QED) is 0.636. The molecule has 0 bridgehead atoms. The third-order valence-electron chi connectivity index (χ3n) is 3.09. The predicted molar refractivity (Wildman–Crippen MR) is 49.1 cm³/mol. The Balaban J connectivity index is 1.86. The number of hydrogen-bond donors (Lipinski definition) is 1. The van der Waals surface area contributed by atoms with Gasteiger partial charge in [0.1, 0.15) is 0 Å². The second kappa shape index (κ2) is 4.37. The van der Waals surface area contributed by atoms with Gasteiger partial charge >= 0.3 is 0 Å². The normalized spacial score (nSPS) is 34.8. The molecule has 2 unspecified atom stereocenters. The Labute approximate surface area is 78.9 Å². The molecule has 0 aromatic rings. The van der Waals surface area contributed by atoms with Crippen LogP contribution in [-0.2, 0) is 9.57 Å². The lowest BCUT2D eigenvalue weighted by Gasteiger charge is -2.37. The molecular formula is C9H18N2O2. The molecule has 0 amide bonds. The summed E-state index contributed by atoms with van der Waals surface area (Å²) in [7, 11) is 0. The van der Waals surface area contributed by atoms with E-state index in [4.69, 9.17) is 10.6 Å². The Morgan fingerprint density at radius 1 is 1.46 bits per heavy atom. The molecule has 2 fully saturated rings. The molecule has 2 rings (SSSR count). The standard InChI is InChI=1S/C9H18N2O2/c10-13-7-5-11-4-6-12-9-3-1-2-8(9)11/h8-9H,1-7,10H2. The molecule has 1 heterocycles. The Hall–Kier alpha value is -0.160. The molecule has 1 saturated heterocycles. The largest absolute Gasteiger partial charge is 0.375 e. The zero-order valence-electron chi connectivity index (χ0n) is 7.95. The van der Waals surface area contributed by atoms with Gasteiger partial charge in [0.05, 0.1) is 19.3 Å². The molecule has 2 atom stereocenters. The van der Waals surface area contributed by atoms with Crippen LogP contribution in [0.4, 0.5) is 0 Å². The molecule has 2 N–H and O–H groups in total. The Morgan fingerprint density at radius 2 is 2.38 bits per heavy atom.